The van der Waals surface area contributed by atoms with Gasteiger partial charge in [-0.2, -0.15) is 0 Å². The minimum absolute atomic E-state index is 0.111. The number of aliphatic hydroxyl groups is 2. The lowest BCUT2D eigenvalue weighted by Crippen LogP contribution is -2.92. The Morgan fingerprint density at radius 3 is 2.11 bits per heavy atom. The molecule has 0 aliphatic carbocycles. The second-order valence-electron chi connectivity index (χ2n) is 9.23. The van der Waals surface area contributed by atoms with E-state index < -0.39 is 6.10 Å². The van der Waals surface area contributed by atoms with E-state index >= 15 is 0 Å². The van der Waals surface area contributed by atoms with Gasteiger partial charge < -0.3 is 20.1 Å². The lowest BCUT2D eigenvalue weighted by Gasteiger charge is -2.18. The molecule has 0 aliphatic heterocycles. The molecule has 2 atom stereocenters. The van der Waals surface area contributed by atoms with Crippen LogP contribution < -0.4 is 5.32 Å². The molecule has 35 heavy (non-hydrogen) atoms. The summed E-state index contributed by atoms with van der Waals surface area (Å²) in [5.41, 5.74) is 5.75. The highest BCUT2D eigenvalue weighted by Crippen LogP contribution is 2.43. The number of rotatable bonds is 9. The van der Waals surface area contributed by atoms with Gasteiger partial charge in [-0.3, -0.25) is 0 Å². The third-order valence-corrected chi connectivity index (χ3v) is 6.95. The summed E-state index contributed by atoms with van der Waals surface area (Å²) in [5, 5.41) is 26.4. The van der Waals surface area contributed by atoms with E-state index in [9.17, 15) is 10.2 Å². The second-order valence-corrected chi connectivity index (χ2v) is 9.23. The molecule has 0 radical (unpaired) electrons. The topological polar surface area (TPSA) is 62.0 Å². The highest BCUT2D eigenvalue weighted by atomic mass is 16.3. The van der Waals surface area contributed by atoms with E-state index in [0.29, 0.717) is 13.1 Å². The molecule has 5 aromatic rings. The first-order valence-electron chi connectivity index (χ1n) is 12.5. The second kappa shape index (κ2) is 10.4. The van der Waals surface area contributed by atoms with Gasteiger partial charge in [-0.25, -0.2) is 0 Å². The van der Waals surface area contributed by atoms with E-state index in [2.05, 4.69) is 102 Å². The fourth-order valence-corrected chi connectivity index (χ4v) is 5.10. The van der Waals surface area contributed by atoms with Gasteiger partial charge in [0.05, 0.1) is 24.4 Å². The lowest BCUT2D eigenvalue weighted by atomic mass is 9.97. The van der Waals surface area contributed by atoms with Gasteiger partial charge in [-0.1, -0.05) is 104 Å². The van der Waals surface area contributed by atoms with Gasteiger partial charge in [0.25, 0.3) is 0 Å². The number of hydrogen-bond donors (Lipinski definition) is 3. The summed E-state index contributed by atoms with van der Waals surface area (Å²) < 4.78 is 2.31. The Morgan fingerprint density at radius 1 is 0.771 bits per heavy atom. The van der Waals surface area contributed by atoms with Crippen LogP contribution in [0.4, 0.5) is 0 Å². The Morgan fingerprint density at radius 2 is 1.43 bits per heavy atom. The first kappa shape index (κ1) is 23.3. The van der Waals surface area contributed by atoms with Crippen molar-refractivity contribution in [3.05, 3.63) is 97.1 Å². The molecule has 1 aromatic heterocycles. The lowest BCUT2D eigenvalue weighted by molar-refractivity contribution is -0.696. The SMILES string of the molecule is CC[C@@H](CO)[NH2+]C[C@H](O)Cn1c(-c2ccccc2)c(-c2ccccc2)c2ccc3ccccc3c21. The van der Waals surface area contributed by atoms with Crippen molar-refractivity contribution in [3.63, 3.8) is 0 Å². The zero-order valence-electron chi connectivity index (χ0n) is 20.1. The smallest absolute Gasteiger partial charge is 0.121 e. The minimum atomic E-state index is -0.559. The summed E-state index contributed by atoms with van der Waals surface area (Å²) in [7, 11) is 0. The van der Waals surface area contributed by atoms with Gasteiger partial charge in [0, 0.05) is 16.3 Å². The number of nitrogens with two attached hydrogens (primary N) is 1. The van der Waals surface area contributed by atoms with E-state index in [-0.39, 0.29) is 12.6 Å². The Hall–Kier alpha value is -3.44. The van der Waals surface area contributed by atoms with E-state index in [1.165, 1.54) is 21.7 Å². The molecule has 0 fully saturated rings. The summed E-state index contributed by atoms with van der Waals surface area (Å²) in [6.45, 7) is 3.20. The van der Waals surface area contributed by atoms with E-state index in [1.54, 1.807) is 0 Å². The predicted molar refractivity (Wildman–Crippen MR) is 144 cm³/mol. The largest absolute Gasteiger partial charge is 0.390 e. The first-order valence-corrected chi connectivity index (χ1v) is 12.5. The Balaban J connectivity index is 1.75. The molecule has 178 valence electrons. The summed E-state index contributed by atoms with van der Waals surface area (Å²) in [4.78, 5) is 0. The van der Waals surface area contributed by atoms with Crippen LogP contribution >= 0.6 is 0 Å². The van der Waals surface area contributed by atoms with E-state index in [0.717, 1.165) is 28.8 Å². The van der Waals surface area contributed by atoms with Crippen LogP contribution in [0.2, 0.25) is 0 Å². The maximum atomic E-state index is 11.2. The van der Waals surface area contributed by atoms with Crippen molar-refractivity contribution in [1.29, 1.82) is 0 Å². The molecule has 0 unspecified atom stereocenters. The predicted octanol–water partition coefficient (Wildman–Crippen LogP) is 4.82. The molecule has 0 saturated carbocycles. The molecule has 0 bridgehead atoms. The Kier molecular flexibility index (Phi) is 6.96. The highest BCUT2D eigenvalue weighted by molar-refractivity contribution is 6.15. The molecule has 0 amide bonds. The van der Waals surface area contributed by atoms with Crippen LogP contribution in [0, 0.1) is 0 Å². The molecular formula is C31H33N2O2+. The van der Waals surface area contributed by atoms with E-state index in [4.69, 9.17) is 0 Å². The molecule has 5 rings (SSSR count). The first-order chi connectivity index (χ1) is 17.2. The third kappa shape index (κ3) is 4.61. The number of aromatic nitrogens is 1. The highest BCUT2D eigenvalue weighted by Gasteiger charge is 2.24. The van der Waals surface area contributed by atoms with Gasteiger partial charge >= 0.3 is 0 Å². The number of fused-ring (bicyclic) bond motifs is 3. The molecule has 0 aliphatic rings. The van der Waals surface area contributed by atoms with Gasteiger partial charge in [0.2, 0.25) is 0 Å². The molecular weight excluding hydrogens is 432 g/mol. The molecule has 0 spiro atoms. The molecule has 4 heteroatoms. The zero-order chi connectivity index (χ0) is 24.2. The molecule has 4 N–H and O–H groups in total. The number of quaternary nitrogens is 1. The van der Waals surface area contributed by atoms with Crippen molar-refractivity contribution in [1.82, 2.24) is 4.57 Å². The van der Waals surface area contributed by atoms with Crippen LogP contribution in [0.25, 0.3) is 44.1 Å². The average Bonchev–Trinajstić information content (AvgIpc) is 3.24. The number of hydrogen-bond acceptors (Lipinski definition) is 2. The average molecular weight is 466 g/mol. The van der Waals surface area contributed by atoms with Gasteiger partial charge in [-0.05, 0) is 22.9 Å². The van der Waals surface area contributed by atoms with Crippen LogP contribution in [0.3, 0.4) is 0 Å². The summed E-state index contributed by atoms with van der Waals surface area (Å²) in [6, 6.07) is 34.0. The van der Waals surface area contributed by atoms with Crippen LogP contribution in [0.1, 0.15) is 13.3 Å². The van der Waals surface area contributed by atoms with Crippen molar-refractivity contribution in [2.75, 3.05) is 13.2 Å². The van der Waals surface area contributed by atoms with Crippen LogP contribution in [-0.4, -0.2) is 40.1 Å². The third-order valence-electron chi connectivity index (χ3n) is 6.95. The van der Waals surface area contributed by atoms with Crippen LogP contribution in [-0.2, 0) is 6.54 Å². The number of nitrogens with zero attached hydrogens (tertiary/aromatic N) is 1. The van der Waals surface area contributed by atoms with Crippen molar-refractivity contribution < 1.29 is 15.5 Å². The molecule has 1 heterocycles. The number of benzene rings is 4. The summed E-state index contributed by atoms with van der Waals surface area (Å²) >= 11 is 0. The fourth-order valence-electron chi connectivity index (χ4n) is 5.10. The fraction of sp³-hybridized carbons (Fsp3) is 0.226. The quantitative estimate of drug-likeness (QED) is 0.292. The van der Waals surface area contributed by atoms with Gasteiger partial charge in [0.15, 0.2) is 0 Å². The zero-order valence-corrected chi connectivity index (χ0v) is 20.1. The van der Waals surface area contributed by atoms with Crippen LogP contribution in [0.5, 0.6) is 0 Å². The molecule has 4 nitrogen and oxygen atoms in total. The van der Waals surface area contributed by atoms with Crippen molar-refractivity contribution in [2.45, 2.75) is 32.0 Å². The number of aliphatic hydroxyl groups excluding tert-OH is 2. The Labute approximate surface area is 206 Å². The van der Waals surface area contributed by atoms with E-state index in [1.807, 2.05) is 12.1 Å². The van der Waals surface area contributed by atoms with Gasteiger partial charge in [0.1, 0.15) is 18.7 Å². The van der Waals surface area contributed by atoms with Crippen LogP contribution in [0.15, 0.2) is 97.1 Å². The molecule has 0 saturated heterocycles. The Bertz CT molecular complexity index is 1410. The van der Waals surface area contributed by atoms with Gasteiger partial charge in [-0.15, -0.1) is 0 Å². The monoisotopic (exact) mass is 465 g/mol. The molecule has 4 aromatic carbocycles. The summed E-state index contributed by atoms with van der Waals surface area (Å²) in [5.74, 6) is 0. The maximum Gasteiger partial charge on any atom is 0.121 e. The van der Waals surface area contributed by atoms with Crippen molar-refractivity contribution >= 4 is 21.7 Å². The minimum Gasteiger partial charge on any atom is -0.390 e. The van der Waals surface area contributed by atoms with Crippen molar-refractivity contribution in [2.24, 2.45) is 0 Å². The normalized spacial score (nSPS) is 13.3. The summed E-state index contributed by atoms with van der Waals surface area (Å²) in [6.07, 6.45) is 0.310. The standard InChI is InChI=1S/C31H32N2O2/c1-2-25(21-34)32-19-26(35)20-33-30(24-14-7-4-8-15-24)29(23-12-5-3-6-13-23)28-18-17-22-11-9-10-16-27(22)31(28)33/h3-18,25-26,32,34-35H,2,19-21H2,1H3/p+1/t25-,26-/m0/s1. The van der Waals surface area contributed by atoms with Crippen molar-refractivity contribution in [3.8, 4) is 22.4 Å². The maximum absolute atomic E-state index is 11.2.